The quantitative estimate of drug-likeness (QED) is 0.638. The minimum absolute atomic E-state index is 0.275. The molecule has 0 bridgehead atoms. The Bertz CT molecular complexity index is 179. The van der Waals surface area contributed by atoms with Gasteiger partial charge in [-0.15, -0.1) is 0 Å². The lowest BCUT2D eigenvalue weighted by Gasteiger charge is -2.38. The van der Waals surface area contributed by atoms with Gasteiger partial charge in [-0.25, -0.2) is 0 Å². The zero-order valence-corrected chi connectivity index (χ0v) is 8.40. The zero-order chi connectivity index (χ0) is 8.82. The minimum atomic E-state index is 0.275. The van der Waals surface area contributed by atoms with Crippen molar-refractivity contribution in [2.24, 2.45) is 17.1 Å². The topological polar surface area (TPSA) is 26.0 Å². The van der Waals surface area contributed by atoms with Crippen LogP contribution in [-0.4, -0.2) is 5.54 Å². The van der Waals surface area contributed by atoms with Gasteiger partial charge in [0.15, 0.2) is 0 Å². The van der Waals surface area contributed by atoms with Gasteiger partial charge in [0.25, 0.3) is 0 Å². The Hall–Kier alpha value is -0.0400. The molecule has 12 heavy (non-hydrogen) atoms. The Kier molecular flexibility index (Phi) is 1.76. The van der Waals surface area contributed by atoms with E-state index in [-0.39, 0.29) is 5.54 Å². The zero-order valence-electron chi connectivity index (χ0n) is 8.40. The van der Waals surface area contributed by atoms with Crippen molar-refractivity contribution in [1.82, 2.24) is 0 Å². The van der Waals surface area contributed by atoms with Crippen LogP contribution in [0.25, 0.3) is 0 Å². The molecule has 0 aromatic heterocycles. The summed E-state index contributed by atoms with van der Waals surface area (Å²) >= 11 is 0. The van der Waals surface area contributed by atoms with Gasteiger partial charge >= 0.3 is 0 Å². The van der Waals surface area contributed by atoms with Crippen LogP contribution in [0.3, 0.4) is 0 Å². The van der Waals surface area contributed by atoms with Crippen LogP contribution in [0.4, 0.5) is 0 Å². The first-order chi connectivity index (χ1) is 5.52. The molecule has 2 saturated carbocycles. The minimum Gasteiger partial charge on any atom is -0.325 e. The molecule has 0 amide bonds. The highest BCUT2D eigenvalue weighted by molar-refractivity contribution is 5.05. The summed E-state index contributed by atoms with van der Waals surface area (Å²) in [5.41, 5.74) is 7.09. The van der Waals surface area contributed by atoms with Gasteiger partial charge in [-0.05, 0) is 43.4 Å². The van der Waals surface area contributed by atoms with Crippen LogP contribution >= 0.6 is 0 Å². The van der Waals surface area contributed by atoms with Crippen molar-refractivity contribution < 1.29 is 0 Å². The fourth-order valence-corrected chi connectivity index (χ4v) is 2.74. The third kappa shape index (κ3) is 1.52. The standard InChI is InChI=1S/C11H21N/c1-10(2)5-3-4-9(8-10)11(12)6-7-11/h9H,3-8,12H2,1-2H3. The van der Waals surface area contributed by atoms with E-state index in [1.807, 2.05) is 0 Å². The van der Waals surface area contributed by atoms with Crippen molar-refractivity contribution in [2.75, 3.05) is 0 Å². The Morgan fingerprint density at radius 3 is 2.33 bits per heavy atom. The Morgan fingerprint density at radius 1 is 1.17 bits per heavy atom. The molecule has 70 valence electrons. The van der Waals surface area contributed by atoms with E-state index in [4.69, 9.17) is 5.73 Å². The third-order valence-electron chi connectivity index (χ3n) is 3.85. The van der Waals surface area contributed by atoms with Crippen LogP contribution in [0.1, 0.15) is 52.4 Å². The summed E-state index contributed by atoms with van der Waals surface area (Å²) in [7, 11) is 0. The lowest BCUT2D eigenvalue weighted by molar-refractivity contribution is 0.153. The van der Waals surface area contributed by atoms with Crippen LogP contribution in [0.15, 0.2) is 0 Å². The summed E-state index contributed by atoms with van der Waals surface area (Å²) in [6, 6.07) is 0. The van der Waals surface area contributed by atoms with E-state index in [1.165, 1.54) is 38.5 Å². The largest absolute Gasteiger partial charge is 0.325 e. The maximum atomic E-state index is 6.24. The summed E-state index contributed by atoms with van der Waals surface area (Å²) in [5.74, 6) is 0.834. The fourth-order valence-electron chi connectivity index (χ4n) is 2.74. The molecule has 0 saturated heterocycles. The SMILES string of the molecule is CC1(C)CCCC(C2(N)CC2)C1. The Labute approximate surface area is 75.7 Å². The first kappa shape index (κ1) is 8.55. The van der Waals surface area contributed by atoms with Crippen molar-refractivity contribution in [1.29, 1.82) is 0 Å². The first-order valence-corrected chi connectivity index (χ1v) is 5.31. The summed E-state index contributed by atoms with van der Waals surface area (Å²) in [5, 5.41) is 0. The number of hydrogen-bond donors (Lipinski definition) is 1. The average Bonchev–Trinajstić information content (AvgIpc) is 2.67. The van der Waals surface area contributed by atoms with Crippen LogP contribution in [0, 0.1) is 11.3 Å². The molecule has 0 aromatic rings. The van der Waals surface area contributed by atoms with E-state index in [2.05, 4.69) is 13.8 Å². The van der Waals surface area contributed by atoms with Crippen molar-refractivity contribution in [3.05, 3.63) is 0 Å². The normalized spacial score (nSPS) is 37.8. The molecule has 0 heterocycles. The summed E-state index contributed by atoms with van der Waals surface area (Å²) in [6.45, 7) is 4.79. The van der Waals surface area contributed by atoms with E-state index in [9.17, 15) is 0 Å². The van der Waals surface area contributed by atoms with E-state index in [1.54, 1.807) is 0 Å². The summed E-state index contributed by atoms with van der Waals surface area (Å²) in [6.07, 6.45) is 8.13. The molecule has 2 rings (SSSR count). The van der Waals surface area contributed by atoms with Gasteiger partial charge in [0.05, 0.1) is 0 Å². The highest BCUT2D eigenvalue weighted by Gasteiger charge is 2.47. The lowest BCUT2D eigenvalue weighted by Crippen LogP contribution is -2.38. The molecule has 1 nitrogen and oxygen atoms in total. The number of rotatable bonds is 1. The van der Waals surface area contributed by atoms with Gasteiger partial charge in [0.1, 0.15) is 0 Å². The highest BCUT2D eigenvalue weighted by atomic mass is 14.8. The van der Waals surface area contributed by atoms with Crippen molar-refractivity contribution in [3.8, 4) is 0 Å². The van der Waals surface area contributed by atoms with Gasteiger partial charge in [-0.2, -0.15) is 0 Å². The predicted octanol–water partition coefficient (Wildman–Crippen LogP) is 2.69. The molecule has 0 radical (unpaired) electrons. The van der Waals surface area contributed by atoms with Crippen molar-refractivity contribution in [2.45, 2.75) is 57.9 Å². The second-order valence-electron chi connectivity index (χ2n) is 5.69. The maximum absolute atomic E-state index is 6.24. The van der Waals surface area contributed by atoms with Crippen molar-refractivity contribution in [3.63, 3.8) is 0 Å². The molecule has 1 heteroatoms. The van der Waals surface area contributed by atoms with E-state index < -0.39 is 0 Å². The first-order valence-electron chi connectivity index (χ1n) is 5.31. The molecule has 0 aromatic carbocycles. The monoisotopic (exact) mass is 167 g/mol. The van der Waals surface area contributed by atoms with Gasteiger partial charge in [-0.1, -0.05) is 20.3 Å². The molecular weight excluding hydrogens is 146 g/mol. The van der Waals surface area contributed by atoms with Gasteiger partial charge in [-0.3, -0.25) is 0 Å². The summed E-state index contributed by atoms with van der Waals surface area (Å²) < 4.78 is 0. The lowest BCUT2D eigenvalue weighted by atomic mass is 9.69. The molecule has 1 atom stereocenters. The molecule has 0 aliphatic heterocycles. The van der Waals surface area contributed by atoms with E-state index in [0.717, 1.165) is 5.92 Å². The van der Waals surface area contributed by atoms with Crippen LogP contribution in [0.2, 0.25) is 0 Å². The second-order valence-corrected chi connectivity index (χ2v) is 5.69. The van der Waals surface area contributed by atoms with Crippen molar-refractivity contribution >= 4 is 0 Å². The average molecular weight is 167 g/mol. The molecule has 2 N–H and O–H groups in total. The molecule has 0 spiro atoms. The molecular formula is C11H21N. The predicted molar refractivity (Wildman–Crippen MR) is 51.9 cm³/mol. The van der Waals surface area contributed by atoms with Crippen LogP contribution in [0.5, 0.6) is 0 Å². The third-order valence-corrected chi connectivity index (χ3v) is 3.85. The smallest absolute Gasteiger partial charge is 0.0184 e. The number of hydrogen-bond acceptors (Lipinski definition) is 1. The van der Waals surface area contributed by atoms with Gasteiger partial charge < -0.3 is 5.73 Å². The molecule has 1 unspecified atom stereocenters. The summed E-state index contributed by atoms with van der Waals surface area (Å²) in [4.78, 5) is 0. The number of nitrogens with two attached hydrogens (primary N) is 1. The molecule has 2 fully saturated rings. The molecule has 2 aliphatic rings. The maximum Gasteiger partial charge on any atom is 0.0184 e. The van der Waals surface area contributed by atoms with Gasteiger partial charge in [0, 0.05) is 5.54 Å². The Morgan fingerprint density at radius 2 is 1.83 bits per heavy atom. The Balaban J connectivity index is 1.99. The van der Waals surface area contributed by atoms with Gasteiger partial charge in [0.2, 0.25) is 0 Å². The highest BCUT2D eigenvalue weighted by Crippen LogP contribution is 2.50. The molecule has 2 aliphatic carbocycles. The second kappa shape index (κ2) is 2.47. The fraction of sp³-hybridized carbons (Fsp3) is 1.00. The van der Waals surface area contributed by atoms with Crippen LogP contribution in [-0.2, 0) is 0 Å². The van der Waals surface area contributed by atoms with Crippen LogP contribution < -0.4 is 5.73 Å². The van der Waals surface area contributed by atoms with E-state index in [0.29, 0.717) is 5.41 Å². The van der Waals surface area contributed by atoms with E-state index >= 15 is 0 Å².